The number of aromatic nitrogens is 1. The fourth-order valence-corrected chi connectivity index (χ4v) is 2.00. The highest BCUT2D eigenvalue weighted by molar-refractivity contribution is 6.37. The third-order valence-corrected chi connectivity index (χ3v) is 3.11. The number of hydrogen-bond acceptors (Lipinski definition) is 0. The molecule has 0 amide bonds. The Kier molecular flexibility index (Phi) is 6.12. The summed E-state index contributed by atoms with van der Waals surface area (Å²) in [6, 6.07) is 9.56. The van der Waals surface area contributed by atoms with E-state index in [-0.39, 0.29) is 24.0 Å². The molecular weight excluding hydrogens is 380 g/mol. The number of hydrogen-bond donors (Lipinski definition) is 0. The van der Waals surface area contributed by atoms with E-state index in [1.54, 1.807) is 0 Å². The summed E-state index contributed by atoms with van der Waals surface area (Å²) < 4.78 is 1.99. The highest BCUT2D eigenvalue weighted by Crippen LogP contribution is 2.26. The third kappa shape index (κ3) is 3.97. The summed E-state index contributed by atoms with van der Waals surface area (Å²) in [5.74, 6) is 0. The summed E-state index contributed by atoms with van der Waals surface area (Å²) in [6.45, 7) is 0. The van der Waals surface area contributed by atoms with E-state index in [0.29, 0.717) is 10.0 Å². The maximum atomic E-state index is 6.08. The molecular formula is C14H12Cl2IN. The van der Waals surface area contributed by atoms with Gasteiger partial charge in [-0.2, -0.15) is 0 Å². The van der Waals surface area contributed by atoms with Crippen molar-refractivity contribution in [2.45, 2.75) is 0 Å². The molecule has 0 aliphatic rings. The molecule has 0 bridgehead atoms. The van der Waals surface area contributed by atoms with Gasteiger partial charge in [0.25, 0.3) is 0 Å². The van der Waals surface area contributed by atoms with Crippen LogP contribution in [0.5, 0.6) is 0 Å². The monoisotopic (exact) mass is 391 g/mol. The zero-order valence-electron chi connectivity index (χ0n) is 9.78. The number of nitrogens with zero attached hydrogens (tertiary/aromatic N) is 1. The van der Waals surface area contributed by atoms with Crippen LogP contribution in [0.2, 0.25) is 10.0 Å². The largest absolute Gasteiger partial charge is 1.00 e. The molecule has 18 heavy (non-hydrogen) atoms. The van der Waals surface area contributed by atoms with Crippen LogP contribution < -0.4 is 28.5 Å². The summed E-state index contributed by atoms with van der Waals surface area (Å²) in [6.07, 6.45) is 7.91. The molecule has 0 fully saturated rings. The minimum atomic E-state index is 0. The van der Waals surface area contributed by atoms with Crippen molar-refractivity contribution in [2.24, 2.45) is 7.05 Å². The Labute approximate surface area is 134 Å². The van der Waals surface area contributed by atoms with Gasteiger partial charge in [0.1, 0.15) is 7.05 Å². The van der Waals surface area contributed by atoms with Crippen LogP contribution in [0.4, 0.5) is 0 Å². The number of rotatable bonds is 2. The van der Waals surface area contributed by atoms with Gasteiger partial charge in [-0.15, -0.1) is 0 Å². The maximum absolute atomic E-state index is 6.08. The lowest BCUT2D eigenvalue weighted by Crippen LogP contribution is -3.00. The first-order chi connectivity index (χ1) is 8.16. The number of pyridine rings is 1. The minimum Gasteiger partial charge on any atom is -1.00 e. The topological polar surface area (TPSA) is 3.88 Å². The van der Waals surface area contributed by atoms with Crippen LogP contribution in [0.3, 0.4) is 0 Å². The van der Waals surface area contributed by atoms with Crippen molar-refractivity contribution >= 4 is 35.4 Å². The van der Waals surface area contributed by atoms with Crippen molar-refractivity contribution in [3.8, 4) is 0 Å². The van der Waals surface area contributed by atoms with E-state index < -0.39 is 0 Å². The molecule has 94 valence electrons. The van der Waals surface area contributed by atoms with Crippen molar-refractivity contribution in [1.82, 2.24) is 0 Å². The zero-order chi connectivity index (χ0) is 12.3. The first-order valence-electron chi connectivity index (χ1n) is 5.24. The minimum absolute atomic E-state index is 0. The molecule has 1 aromatic carbocycles. The van der Waals surface area contributed by atoms with Gasteiger partial charge in [0, 0.05) is 27.7 Å². The Morgan fingerprint density at radius 3 is 2.06 bits per heavy atom. The van der Waals surface area contributed by atoms with Gasteiger partial charge >= 0.3 is 0 Å². The van der Waals surface area contributed by atoms with Crippen molar-refractivity contribution in [3.05, 3.63) is 63.9 Å². The predicted octanol–water partition coefficient (Wildman–Crippen LogP) is 0.992. The summed E-state index contributed by atoms with van der Waals surface area (Å²) >= 11 is 12.2. The summed E-state index contributed by atoms with van der Waals surface area (Å²) in [4.78, 5) is 0. The van der Waals surface area contributed by atoms with Crippen molar-refractivity contribution in [2.75, 3.05) is 0 Å². The lowest BCUT2D eigenvalue weighted by atomic mass is 10.1. The lowest BCUT2D eigenvalue weighted by molar-refractivity contribution is -0.671. The highest BCUT2D eigenvalue weighted by Gasteiger charge is 2.01. The van der Waals surface area contributed by atoms with Crippen molar-refractivity contribution in [1.29, 1.82) is 0 Å². The Morgan fingerprint density at radius 2 is 1.50 bits per heavy atom. The van der Waals surface area contributed by atoms with E-state index in [9.17, 15) is 0 Å². The van der Waals surface area contributed by atoms with Gasteiger partial charge in [-0.1, -0.05) is 41.4 Å². The molecule has 0 spiro atoms. The van der Waals surface area contributed by atoms with Crippen LogP contribution in [0.1, 0.15) is 11.1 Å². The fourth-order valence-electron chi connectivity index (χ4n) is 1.47. The Morgan fingerprint density at radius 1 is 0.944 bits per heavy atom. The number of aryl methyl sites for hydroxylation is 1. The van der Waals surface area contributed by atoms with Crippen LogP contribution in [-0.4, -0.2) is 0 Å². The second-order valence-electron chi connectivity index (χ2n) is 3.77. The van der Waals surface area contributed by atoms with Crippen LogP contribution in [0, 0.1) is 0 Å². The Balaban J connectivity index is 0.00000162. The van der Waals surface area contributed by atoms with Gasteiger partial charge in [0.2, 0.25) is 0 Å². The van der Waals surface area contributed by atoms with E-state index in [1.165, 1.54) is 0 Å². The number of halogens is 3. The molecule has 0 atom stereocenters. The van der Waals surface area contributed by atoms with E-state index in [1.807, 2.05) is 66.5 Å². The Bertz CT molecular complexity index is 530. The van der Waals surface area contributed by atoms with E-state index in [4.69, 9.17) is 23.2 Å². The summed E-state index contributed by atoms with van der Waals surface area (Å²) in [5.41, 5.74) is 1.96. The second-order valence-corrected chi connectivity index (χ2v) is 4.58. The molecule has 2 rings (SSSR count). The molecule has 0 radical (unpaired) electrons. The highest BCUT2D eigenvalue weighted by atomic mass is 127. The van der Waals surface area contributed by atoms with Crippen LogP contribution in [0.25, 0.3) is 12.2 Å². The quantitative estimate of drug-likeness (QED) is 0.531. The molecule has 0 unspecified atom stereocenters. The molecule has 1 aromatic heterocycles. The van der Waals surface area contributed by atoms with E-state index in [2.05, 4.69) is 0 Å². The summed E-state index contributed by atoms with van der Waals surface area (Å²) in [7, 11) is 1.98. The molecule has 0 aliphatic carbocycles. The third-order valence-electron chi connectivity index (χ3n) is 2.45. The van der Waals surface area contributed by atoms with Gasteiger partial charge < -0.3 is 24.0 Å². The van der Waals surface area contributed by atoms with Gasteiger partial charge in [-0.25, -0.2) is 4.57 Å². The van der Waals surface area contributed by atoms with E-state index >= 15 is 0 Å². The average Bonchev–Trinajstić information content (AvgIpc) is 2.31. The molecule has 1 heterocycles. The van der Waals surface area contributed by atoms with Gasteiger partial charge in [-0.3, -0.25) is 0 Å². The summed E-state index contributed by atoms with van der Waals surface area (Å²) in [5, 5.41) is 1.32. The van der Waals surface area contributed by atoms with Gasteiger partial charge in [0.05, 0.1) is 0 Å². The van der Waals surface area contributed by atoms with Crippen LogP contribution in [0.15, 0.2) is 42.7 Å². The molecule has 1 nitrogen and oxygen atoms in total. The average molecular weight is 392 g/mol. The maximum Gasteiger partial charge on any atom is 0.169 e. The SMILES string of the molecule is C[n+]1ccc(/C=C/c2c(Cl)cccc2Cl)cc1.[I-]. The molecule has 2 aromatic rings. The van der Waals surface area contributed by atoms with Gasteiger partial charge in [-0.05, 0) is 17.7 Å². The second kappa shape index (κ2) is 7.12. The molecule has 4 heteroatoms. The van der Waals surface area contributed by atoms with Gasteiger partial charge in [0.15, 0.2) is 12.4 Å². The first kappa shape index (κ1) is 15.5. The van der Waals surface area contributed by atoms with Crippen molar-refractivity contribution in [3.63, 3.8) is 0 Å². The molecule has 0 N–H and O–H groups in total. The molecule has 0 saturated carbocycles. The number of benzene rings is 1. The van der Waals surface area contributed by atoms with Crippen LogP contribution >= 0.6 is 23.2 Å². The zero-order valence-corrected chi connectivity index (χ0v) is 13.4. The van der Waals surface area contributed by atoms with E-state index in [0.717, 1.165) is 11.1 Å². The van der Waals surface area contributed by atoms with Crippen molar-refractivity contribution < 1.29 is 28.5 Å². The molecule has 0 aliphatic heterocycles. The standard InChI is InChI=1S/C14H12Cl2N.HI/c1-17-9-7-11(8-10-17)5-6-12-13(15)3-2-4-14(12)16;/h2-10H,1H3;1H/q+1;/p-1/b6-5+;. The fraction of sp³-hybridized carbons (Fsp3) is 0.0714. The normalized spacial score (nSPS) is 10.4. The molecule has 0 saturated heterocycles. The predicted molar refractivity (Wildman–Crippen MR) is 73.0 cm³/mol. The Hall–Kier alpha value is -0.580. The smallest absolute Gasteiger partial charge is 0.169 e. The van der Waals surface area contributed by atoms with Crippen LogP contribution in [-0.2, 0) is 7.05 Å². The first-order valence-corrected chi connectivity index (χ1v) is 6.00. The lowest BCUT2D eigenvalue weighted by Gasteiger charge is -2.00.